The lowest BCUT2D eigenvalue weighted by Gasteiger charge is -2.39. The monoisotopic (exact) mass is 529 g/mol. The molecule has 198 valence electrons. The molecule has 2 aliphatic heterocycles. The number of aromatic nitrogens is 1. The van der Waals surface area contributed by atoms with Gasteiger partial charge in [-0.25, -0.2) is 0 Å². The van der Waals surface area contributed by atoms with E-state index in [4.69, 9.17) is 18.4 Å². The van der Waals surface area contributed by atoms with Crippen molar-refractivity contribution in [2.24, 2.45) is 0 Å². The number of rotatable bonds is 8. The molecule has 1 aromatic heterocycles. The third-order valence-corrected chi connectivity index (χ3v) is 7.66. The number of ether oxygens (including phenoxy) is 3. The van der Waals surface area contributed by atoms with Crippen LogP contribution in [0, 0.1) is 0 Å². The van der Waals surface area contributed by atoms with Crippen molar-refractivity contribution in [3.8, 4) is 22.8 Å². The van der Waals surface area contributed by atoms with E-state index in [9.17, 15) is 13.2 Å². The Labute approximate surface area is 216 Å². The van der Waals surface area contributed by atoms with Gasteiger partial charge in [-0.05, 0) is 29.8 Å². The lowest BCUT2D eigenvalue weighted by molar-refractivity contribution is -0.229. The number of nitrogens with zero attached hydrogens (tertiary/aromatic N) is 1. The van der Waals surface area contributed by atoms with E-state index >= 15 is 0 Å². The number of fused-ring (bicyclic) bond motifs is 2. The van der Waals surface area contributed by atoms with E-state index < -0.39 is 15.9 Å². The van der Waals surface area contributed by atoms with Gasteiger partial charge in [-0.2, -0.15) is 8.42 Å². The molecule has 2 N–H and O–H groups in total. The highest BCUT2D eigenvalue weighted by atomic mass is 32.2. The molecule has 0 unspecified atom stereocenters. The SMILES string of the molecule is COc1cc(-c2cc3cc(CN4CCC(OC)(OC)CC4)ccc3[nH]2)c2c(c1OS(C)(=O)=O)CNC2=O. The number of benzene rings is 2. The van der Waals surface area contributed by atoms with E-state index in [-0.39, 0.29) is 24.0 Å². The molecule has 0 radical (unpaired) electrons. The summed E-state index contributed by atoms with van der Waals surface area (Å²) in [6.45, 7) is 2.71. The van der Waals surface area contributed by atoms with Crippen molar-refractivity contribution in [1.82, 2.24) is 15.2 Å². The van der Waals surface area contributed by atoms with Crippen LogP contribution in [0.15, 0.2) is 30.3 Å². The summed E-state index contributed by atoms with van der Waals surface area (Å²) in [7, 11) is 1.00. The van der Waals surface area contributed by atoms with E-state index in [1.807, 2.05) is 12.1 Å². The maximum Gasteiger partial charge on any atom is 0.306 e. The molecule has 0 aliphatic carbocycles. The summed E-state index contributed by atoms with van der Waals surface area (Å²) in [5.41, 5.74) is 4.28. The van der Waals surface area contributed by atoms with Gasteiger partial charge in [0.2, 0.25) is 0 Å². The van der Waals surface area contributed by atoms with Crippen molar-refractivity contribution in [1.29, 1.82) is 0 Å². The molecule has 0 atom stereocenters. The van der Waals surface area contributed by atoms with Crippen LogP contribution < -0.4 is 14.2 Å². The minimum absolute atomic E-state index is 0.0352. The van der Waals surface area contributed by atoms with Gasteiger partial charge >= 0.3 is 10.1 Å². The normalized spacial score (nSPS) is 17.6. The molecule has 1 amide bonds. The summed E-state index contributed by atoms with van der Waals surface area (Å²) in [5, 5.41) is 3.78. The van der Waals surface area contributed by atoms with Crippen molar-refractivity contribution in [2.45, 2.75) is 31.7 Å². The van der Waals surface area contributed by atoms with E-state index in [0.717, 1.165) is 55.3 Å². The molecule has 5 rings (SSSR count). The van der Waals surface area contributed by atoms with Crippen LogP contribution in [0.1, 0.15) is 34.3 Å². The fraction of sp³-hybridized carbons (Fsp3) is 0.423. The Balaban J connectivity index is 1.46. The number of piperidine rings is 1. The zero-order chi connectivity index (χ0) is 26.4. The Morgan fingerprint density at radius 2 is 1.78 bits per heavy atom. The molecular formula is C26H31N3O7S. The van der Waals surface area contributed by atoms with Crippen molar-refractivity contribution < 1.29 is 31.6 Å². The van der Waals surface area contributed by atoms with Gasteiger partial charge < -0.3 is 28.7 Å². The van der Waals surface area contributed by atoms with Gasteiger partial charge in [-0.1, -0.05) is 6.07 Å². The molecule has 0 spiro atoms. The molecule has 0 bridgehead atoms. The van der Waals surface area contributed by atoms with Crippen molar-refractivity contribution in [3.05, 3.63) is 47.0 Å². The van der Waals surface area contributed by atoms with E-state index in [2.05, 4.69) is 27.3 Å². The third kappa shape index (κ3) is 4.91. The highest BCUT2D eigenvalue weighted by molar-refractivity contribution is 7.86. The second-order valence-corrected chi connectivity index (χ2v) is 11.1. The Morgan fingerprint density at radius 3 is 2.43 bits per heavy atom. The fourth-order valence-electron chi connectivity index (χ4n) is 5.21. The van der Waals surface area contributed by atoms with Crippen LogP contribution in [0.3, 0.4) is 0 Å². The van der Waals surface area contributed by atoms with Crippen LogP contribution in [-0.4, -0.2) is 70.7 Å². The van der Waals surface area contributed by atoms with Crippen molar-refractivity contribution >= 4 is 26.9 Å². The largest absolute Gasteiger partial charge is 0.493 e. The summed E-state index contributed by atoms with van der Waals surface area (Å²) in [5.74, 6) is -0.513. The minimum atomic E-state index is -3.82. The number of H-pyrrole nitrogens is 1. The first-order valence-corrected chi connectivity index (χ1v) is 13.8. The standard InChI is InChI=1S/C26H31N3O7S/c1-33-22-13-18(23-19(14-27-25(23)30)24(22)36-37(4,31)32)21-12-17-11-16(5-6-20(17)28-21)15-29-9-7-26(34-2,35-3)8-10-29/h5-6,11-13,28H,7-10,14-15H2,1-4H3,(H,27,30). The minimum Gasteiger partial charge on any atom is -0.493 e. The van der Waals surface area contributed by atoms with Crippen LogP contribution in [0.2, 0.25) is 0 Å². The molecule has 11 heteroatoms. The Bertz CT molecular complexity index is 1450. The van der Waals surface area contributed by atoms with Gasteiger partial charge in [0.15, 0.2) is 17.3 Å². The summed E-state index contributed by atoms with van der Waals surface area (Å²) < 4.78 is 45.5. The van der Waals surface area contributed by atoms with Crippen molar-refractivity contribution in [2.75, 3.05) is 40.7 Å². The first-order chi connectivity index (χ1) is 17.6. The second kappa shape index (κ2) is 9.64. The Morgan fingerprint density at radius 1 is 1.05 bits per heavy atom. The number of hydrogen-bond acceptors (Lipinski definition) is 8. The van der Waals surface area contributed by atoms with E-state index in [1.54, 1.807) is 20.3 Å². The maximum atomic E-state index is 12.8. The third-order valence-electron chi connectivity index (χ3n) is 7.20. The molecule has 10 nitrogen and oxygen atoms in total. The van der Waals surface area contributed by atoms with Crippen LogP contribution in [0.4, 0.5) is 0 Å². The lowest BCUT2D eigenvalue weighted by atomic mass is 9.98. The summed E-state index contributed by atoms with van der Waals surface area (Å²) >= 11 is 0. The lowest BCUT2D eigenvalue weighted by Crippen LogP contribution is -2.46. The number of aromatic amines is 1. The predicted octanol–water partition coefficient (Wildman–Crippen LogP) is 3.01. The number of carbonyl (C=O) groups excluding carboxylic acids is 1. The molecule has 2 aromatic carbocycles. The number of hydrogen-bond donors (Lipinski definition) is 2. The van der Waals surface area contributed by atoms with Gasteiger partial charge in [0, 0.05) is 81.0 Å². The first-order valence-electron chi connectivity index (χ1n) is 12.0. The number of amides is 1. The predicted molar refractivity (Wildman–Crippen MR) is 138 cm³/mol. The zero-order valence-electron chi connectivity index (χ0n) is 21.3. The average Bonchev–Trinajstić information content (AvgIpc) is 3.48. The second-order valence-electron chi connectivity index (χ2n) is 9.48. The van der Waals surface area contributed by atoms with Gasteiger partial charge in [0.05, 0.1) is 18.9 Å². The van der Waals surface area contributed by atoms with Crippen LogP contribution in [0.5, 0.6) is 11.5 Å². The number of likely N-dealkylation sites (tertiary alicyclic amines) is 1. The zero-order valence-corrected chi connectivity index (χ0v) is 22.2. The van der Waals surface area contributed by atoms with Crippen LogP contribution in [0.25, 0.3) is 22.2 Å². The van der Waals surface area contributed by atoms with E-state index in [1.165, 1.54) is 12.7 Å². The van der Waals surface area contributed by atoms with Gasteiger partial charge in [-0.15, -0.1) is 0 Å². The maximum absolute atomic E-state index is 12.8. The van der Waals surface area contributed by atoms with Crippen LogP contribution >= 0.6 is 0 Å². The molecule has 2 aliphatic rings. The molecular weight excluding hydrogens is 498 g/mol. The molecule has 3 heterocycles. The summed E-state index contributed by atoms with van der Waals surface area (Å²) in [4.78, 5) is 18.5. The number of carbonyl (C=O) groups is 1. The molecule has 3 aromatic rings. The number of methoxy groups -OCH3 is 3. The highest BCUT2D eigenvalue weighted by Crippen LogP contribution is 2.43. The smallest absolute Gasteiger partial charge is 0.306 e. The summed E-state index contributed by atoms with van der Waals surface area (Å²) in [6.07, 6.45) is 2.58. The Hall–Kier alpha value is -3.12. The van der Waals surface area contributed by atoms with E-state index in [0.29, 0.717) is 16.7 Å². The molecule has 1 fully saturated rings. The van der Waals surface area contributed by atoms with Gasteiger partial charge in [-0.3, -0.25) is 9.69 Å². The Kier molecular flexibility index (Phi) is 6.65. The number of nitrogens with one attached hydrogen (secondary N) is 2. The topological polar surface area (TPSA) is 119 Å². The fourth-order valence-corrected chi connectivity index (χ4v) is 5.70. The van der Waals surface area contributed by atoms with Gasteiger partial charge in [0.25, 0.3) is 5.91 Å². The van der Waals surface area contributed by atoms with Crippen LogP contribution in [-0.2, 0) is 32.7 Å². The van der Waals surface area contributed by atoms with Gasteiger partial charge in [0.1, 0.15) is 0 Å². The quantitative estimate of drug-likeness (QED) is 0.338. The van der Waals surface area contributed by atoms with Crippen molar-refractivity contribution in [3.63, 3.8) is 0 Å². The molecule has 37 heavy (non-hydrogen) atoms. The molecule has 0 saturated carbocycles. The first kappa shape index (κ1) is 25.5. The average molecular weight is 530 g/mol. The highest BCUT2D eigenvalue weighted by Gasteiger charge is 2.34. The summed E-state index contributed by atoms with van der Waals surface area (Å²) in [6, 6.07) is 9.90. The molecule has 1 saturated heterocycles.